The van der Waals surface area contributed by atoms with Gasteiger partial charge >= 0.3 is 0 Å². The van der Waals surface area contributed by atoms with Gasteiger partial charge in [0.2, 0.25) is 0 Å². The van der Waals surface area contributed by atoms with Crippen LogP contribution >= 0.6 is 0 Å². The molecule has 2 rings (SSSR count). The number of aromatic nitrogens is 1. The number of hydrogen-bond acceptors (Lipinski definition) is 3. The van der Waals surface area contributed by atoms with Crippen LogP contribution in [0.4, 0.5) is 0 Å². The molecule has 1 amide bonds. The summed E-state index contributed by atoms with van der Waals surface area (Å²) >= 11 is 0. The summed E-state index contributed by atoms with van der Waals surface area (Å²) in [7, 11) is 0. The van der Waals surface area contributed by atoms with E-state index in [1.807, 2.05) is 6.07 Å². The zero-order chi connectivity index (χ0) is 9.26. The number of carbonyl (C=O) groups is 1. The molecule has 2 N–H and O–H groups in total. The van der Waals surface area contributed by atoms with Crippen LogP contribution in [-0.2, 0) is 6.42 Å². The molecule has 1 aliphatic rings. The van der Waals surface area contributed by atoms with Crippen molar-refractivity contribution in [1.29, 1.82) is 0 Å². The van der Waals surface area contributed by atoms with Crippen LogP contribution in [0.15, 0.2) is 17.3 Å². The van der Waals surface area contributed by atoms with Gasteiger partial charge in [-0.1, -0.05) is 0 Å². The number of fused-ring (bicyclic) bond motifs is 1. The number of pyridine rings is 1. The van der Waals surface area contributed by atoms with E-state index in [4.69, 9.17) is 5.73 Å². The SMILES string of the molecule is NC(=O)c1nccc2c1CCN=C2. The molecule has 0 aromatic carbocycles. The fourth-order valence-electron chi connectivity index (χ4n) is 1.44. The first-order valence-corrected chi connectivity index (χ1v) is 4.06. The van der Waals surface area contributed by atoms with Gasteiger partial charge in [-0.3, -0.25) is 14.8 Å². The molecule has 0 unspecified atom stereocenters. The molecule has 4 nitrogen and oxygen atoms in total. The first-order valence-electron chi connectivity index (χ1n) is 4.06. The van der Waals surface area contributed by atoms with Crippen molar-refractivity contribution in [2.45, 2.75) is 6.42 Å². The lowest BCUT2D eigenvalue weighted by Gasteiger charge is -2.11. The maximum atomic E-state index is 11.0. The molecule has 1 aromatic rings. The van der Waals surface area contributed by atoms with Crippen LogP contribution in [0.5, 0.6) is 0 Å². The van der Waals surface area contributed by atoms with Gasteiger partial charge in [0.1, 0.15) is 5.69 Å². The van der Waals surface area contributed by atoms with E-state index >= 15 is 0 Å². The molecule has 0 aliphatic carbocycles. The first-order chi connectivity index (χ1) is 6.29. The molecular formula is C9H9N3O. The van der Waals surface area contributed by atoms with E-state index in [1.165, 1.54) is 0 Å². The van der Waals surface area contributed by atoms with E-state index in [9.17, 15) is 4.79 Å². The minimum absolute atomic E-state index is 0.378. The third-order valence-electron chi connectivity index (χ3n) is 2.05. The fraction of sp³-hybridized carbons (Fsp3) is 0.222. The van der Waals surface area contributed by atoms with Crippen LogP contribution < -0.4 is 5.73 Å². The standard InChI is InChI=1S/C9H9N3O/c10-9(13)8-7-2-3-11-5-6(7)1-4-12-8/h1,4-5H,2-3H2,(H2,10,13). The van der Waals surface area contributed by atoms with E-state index in [-0.39, 0.29) is 0 Å². The van der Waals surface area contributed by atoms with Gasteiger partial charge in [0.05, 0.1) is 0 Å². The Kier molecular flexibility index (Phi) is 1.81. The summed E-state index contributed by atoms with van der Waals surface area (Å²) in [6.07, 6.45) is 4.08. The number of nitrogens with zero attached hydrogens (tertiary/aromatic N) is 2. The summed E-state index contributed by atoms with van der Waals surface area (Å²) in [5, 5.41) is 0. The van der Waals surface area contributed by atoms with Gasteiger partial charge in [-0.25, -0.2) is 0 Å². The van der Waals surface area contributed by atoms with Gasteiger partial charge in [0, 0.05) is 19.0 Å². The Morgan fingerprint density at radius 2 is 2.38 bits per heavy atom. The van der Waals surface area contributed by atoms with Crippen molar-refractivity contribution < 1.29 is 4.79 Å². The Labute approximate surface area is 75.5 Å². The van der Waals surface area contributed by atoms with E-state index < -0.39 is 5.91 Å². The Morgan fingerprint density at radius 1 is 1.54 bits per heavy atom. The van der Waals surface area contributed by atoms with Crippen molar-refractivity contribution in [1.82, 2.24) is 4.98 Å². The number of primary amides is 1. The lowest BCUT2D eigenvalue weighted by atomic mass is 10.0. The van der Waals surface area contributed by atoms with Crippen LogP contribution in [0.2, 0.25) is 0 Å². The second kappa shape index (κ2) is 2.97. The lowest BCUT2D eigenvalue weighted by molar-refractivity contribution is 0.0994. The van der Waals surface area contributed by atoms with E-state index in [0.29, 0.717) is 12.2 Å². The summed E-state index contributed by atoms with van der Waals surface area (Å²) < 4.78 is 0. The molecule has 0 saturated heterocycles. The second-order valence-corrected chi connectivity index (χ2v) is 2.88. The third-order valence-corrected chi connectivity index (χ3v) is 2.05. The average molecular weight is 175 g/mol. The molecule has 66 valence electrons. The minimum atomic E-state index is -0.466. The van der Waals surface area contributed by atoms with Gasteiger partial charge in [-0.2, -0.15) is 0 Å². The van der Waals surface area contributed by atoms with Gasteiger partial charge < -0.3 is 5.73 Å². The zero-order valence-corrected chi connectivity index (χ0v) is 7.03. The van der Waals surface area contributed by atoms with Crippen molar-refractivity contribution >= 4 is 12.1 Å². The minimum Gasteiger partial charge on any atom is -0.364 e. The average Bonchev–Trinajstić information content (AvgIpc) is 2.17. The highest BCUT2D eigenvalue weighted by molar-refractivity contribution is 5.95. The predicted molar refractivity (Wildman–Crippen MR) is 48.9 cm³/mol. The van der Waals surface area contributed by atoms with Gasteiger partial charge in [0.25, 0.3) is 5.91 Å². The van der Waals surface area contributed by atoms with E-state index in [2.05, 4.69) is 9.98 Å². The molecule has 2 heterocycles. The Balaban J connectivity index is 2.59. The van der Waals surface area contributed by atoms with Crippen LogP contribution in [0.1, 0.15) is 21.6 Å². The molecule has 0 spiro atoms. The molecule has 0 saturated carbocycles. The lowest BCUT2D eigenvalue weighted by Crippen LogP contribution is -2.19. The fourth-order valence-corrected chi connectivity index (χ4v) is 1.44. The highest BCUT2D eigenvalue weighted by Gasteiger charge is 2.14. The molecule has 4 heteroatoms. The quantitative estimate of drug-likeness (QED) is 0.660. The van der Waals surface area contributed by atoms with Gasteiger partial charge in [-0.15, -0.1) is 0 Å². The number of nitrogens with two attached hydrogens (primary N) is 1. The predicted octanol–water partition coefficient (Wildman–Crippen LogP) is 0.155. The van der Waals surface area contributed by atoms with Crippen LogP contribution in [0.25, 0.3) is 0 Å². The number of rotatable bonds is 1. The summed E-state index contributed by atoms with van der Waals surface area (Å²) in [6, 6.07) is 1.84. The Morgan fingerprint density at radius 3 is 3.15 bits per heavy atom. The molecule has 1 aliphatic heterocycles. The van der Waals surface area contributed by atoms with Crippen molar-refractivity contribution in [2.24, 2.45) is 10.7 Å². The molecule has 1 aromatic heterocycles. The van der Waals surface area contributed by atoms with E-state index in [0.717, 1.165) is 17.5 Å². The van der Waals surface area contributed by atoms with Crippen molar-refractivity contribution in [2.75, 3.05) is 6.54 Å². The summed E-state index contributed by atoms with van der Waals surface area (Å²) in [5.41, 5.74) is 7.45. The Bertz CT molecular complexity index is 384. The normalized spacial score (nSPS) is 13.8. The van der Waals surface area contributed by atoms with Crippen molar-refractivity contribution in [3.63, 3.8) is 0 Å². The summed E-state index contributed by atoms with van der Waals surface area (Å²) in [6.45, 7) is 0.707. The number of aliphatic imine (C=N–C) groups is 1. The highest BCUT2D eigenvalue weighted by atomic mass is 16.1. The maximum absolute atomic E-state index is 11.0. The molecule has 13 heavy (non-hydrogen) atoms. The molecule has 0 bridgehead atoms. The first kappa shape index (κ1) is 7.91. The largest absolute Gasteiger partial charge is 0.364 e. The van der Waals surface area contributed by atoms with Crippen molar-refractivity contribution in [3.05, 3.63) is 29.1 Å². The maximum Gasteiger partial charge on any atom is 0.267 e. The smallest absolute Gasteiger partial charge is 0.267 e. The monoisotopic (exact) mass is 175 g/mol. The zero-order valence-electron chi connectivity index (χ0n) is 7.03. The highest BCUT2D eigenvalue weighted by Crippen LogP contribution is 2.14. The van der Waals surface area contributed by atoms with Crippen LogP contribution in [0, 0.1) is 0 Å². The topological polar surface area (TPSA) is 68.3 Å². The summed E-state index contributed by atoms with van der Waals surface area (Å²) in [4.78, 5) is 19.1. The van der Waals surface area contributed by atoms with Gasteiger partial charge in [-0.05, 0) is 23.6 Å². The summed E-state index contributed by atoms with van der Waals surface area (Å²) in [5.74, 6) is -0.466. The molecule has 0 fully saturated rings. The third kappa shape index (κ3) is 1.30. The van der Waals surface area contributed by atoms with Gasteiger partial charge in [0.15, 0.2) is 0 Å². The van der Waals surface area contributed by atoms with E-state index in [1.54, 1.807) is 12.4 Å². The molecule has 0 radical (unpaired) electrons. The van der Waals surface area contributed by atoms with Crippen LogP contribution in [-0.4, -0.2) is 23.7 Å². The Hall–Kier alpha value is -1.71. The number of carbonyl (C=O) groups excluding carboxylic acids is 1. The number of hydrogen-bond donors (Lipinski definition) is 1. The van der Waals surface area contributed by atoms with Crippen LogP contribution in [0.3, 0.4) is 0 Å². The molecular weight excluding hydrogens is 166 g/mol. The second-order valence-electron chi connectivity index (χ2n) is 2.88. The number of amides is 1. The molecule has 0 atom stereocenters. The van der Waals surface area contributed by atoms with Crippen molar-refractivity contribution in [3.8, 4) is 0 Å².